The van der Waals surface area contributed by atoms with Gasteiger partial charge < -0.3 is 15.2 Å². The number of hydrogen-bond acceptors (Lipinski definition) is 6. The van der Waals surface area contributed by atoms with Gasteiger partial charge in [0.15, 0.2) is 5.75 Å². The predicted molar refractivity (Wildman–Crippen MR) is 87.8 cm³/mol. The van der Waals surface area contributed by atoms with Gasteiger partial charge in [-0.2, -0.15) is 0 Å². The van der Waals surface area contributed by atoms with Gasteiger partial charge in [-0.05, 0) is 18.2 Å². The fourth-order valence-corrected chi connectivity index (χ4v) is 2.48. The fourth-order valence-electron chi connectivity index (χ4n) is 2.16. The third-order valence-corrected chi connectivity index (χ3v) is 4.00. The van der Waals surface area contributed by atoms with Crippen molar-refractivity contribution >= 4 is 39.9 Å². The summed E-state index contributed by atoms with van der Waals surface area (Å²) in [6, 6.07) is 4.79. The zero-order valence-corrected chi connectivity index (χ0v) is 13.1. The lowest BCUT2D eigenvalue weighted by molar-refractivity contribution is -0.385. The number of aromatic nitrogens is 2. The third-order valence-electron chi connectivity index (χ3n) is 3.27. The van der Waals surface area contributed by atoms with Crippen molar-refractivity contribution in [1.82, 2.24) is 9.97 Å². The predicted octanol–water partition coefficient (Wildman–Crippen LogP) is 3.22. The van der Waals surface area contributed by atoms with E-state index in [2.05, 4.69) is 9.97 Å². The first kappa shape index (κ1) is 16.0. The maximum Gasteiger partial charge on any atom is 0.315 e. The van der Waals surface area contributed by atoms with Crippen molar-refractivity contribution in [3.8, 4) is 22.8 Å². The smallest absolute Gasteiger partial charge is 0.315 e. The highest BCUT2D eigenvalue weighted by Gasteiger charge is 2.21. The minimum absolute atomic E-state index is 0.0359. The number of phenolic OH excluding ortho intramolecular Hbond substituents is 2. The normalized spacial score (nSPS) is 10.9. The molecule has 24 heavy (non-hydrogen) atoms. The average molecular weight is 368 g/mol. The Morgan fingerprint density at radius 1 is 1.12 bits per heavy atom. The van der Waals surface area contributed by atoms with Gasteiger partial charge in [0.2, 0.25) is 5.75 Å². The Balaban J connectivity index is 2.30. The molecular weight excluding hydrogens is 361 g/mol. The average Bonchev–Trinajstić information content (AvgIpc) is 2.51. The molecule has 10 heteroatoms. The van der Waals surface area contributed by atoms with Crippen LogP contribution in [0.15, 0.2) is 29.1 Å². The molecule has 0 fully saturated rings. The van der Waals surface area contributed by atoms with Gasteiger partial charge in [0, 0.05) is 11.6 Å². The largest absolute Gasteiger partial charge is 0.504 e. The number of nitrogens with zero attached hydrogens (tertiary/aromatic N) is 2. The SMILES string of the molecule is O=c1[nH]c2cc(Cl)c(Cl)cc2nc1-c1cc(O)c(O)c([N+](=O)[O-])c1. The molecule has 0 unspecified atom stereocenters. The van der Waals surface area contributed by atoms with Crippen LogP contribution in [0.1, 0.15) is 0 Å². The molecule has 0 amide bonds. The Morgan fingerprint density at radius 2 is 1.79 bits per heavy atom. The number of rotatable bonds is 2. The van der Waals surface area contributed by atoms with Gasteiger partial charge in [-0.15, -0.1) is 0 Å². The number of H-pyrrole nitrogens is 1. The van der Waals surface area contributed by atoms with Gasteiger partial charge in [0.05, 0.1) is 26.0 Å². The van der Waals surface area contributed by atoms with Crippen LogP contribution in [-0.2, 0) is 0 Å². The van der Waals surface area contributed by atoms with E-state index in [0.717, 1.165) is 12.1 Å². The zero-order valence-electron chi connectivity index (χ0n) is 11.6. The van der Waals surface area contributed by atoms with Crippen molar-refractivity contribution in [3.05, 3.63) is 54.8 Å². The van der Waals surface area contributed by atoms with Gasteiger partial charge in [0.1, 0.15) is 5.69 Å². The van der Waals surface area contributed by atoms with Crippen LogP contribution in [0.25, 0.3) is 22.3 Å². The number of nitro benzene ring substituents is 1. The lowest BCUT2D eigenvalue weighted by Crippen LogP contribution is -2.11. The molecule has 8 nitrogen and oxygen atoms in total. The molecule has 0 spiro atoms. The first-order valence-electron chi connectivity index (χ1n) is 6.37. The van der Waals surface area contributed by atoms with E-state index < -0.39 is 27.7 Å². The van der Waals surface area contributed by atoms with Crippen LogP contribution in [0.3, 0.4) is 0 Å². The molecule has 0 atom stereocenters. The van der Waals surface area contributed by atoms with Crippen molar-refractivity contribution in [2.24, 2.45) is 0 Å². The number of nitro groups is 1. The number of aromatic amines is 1. The number of hydrogen-bond donors (Lipinski definition) is 3. The summed E-state index contributed by atoms with van der Waals surface area (Å²) in [6.45, 7) is 0. The van der Waals surface area contributed by atoms with Crippen molar-refractivity contribution in [1.29, 1.82) is 0 Å². The third kappa shape index (κ3) is 2.61. The summed E-state index contributed by atoms with van der Waals surface area (Å²) in [4.78, 5) is 28.9. The molecule has 0 saturated heterocycles. The quantitative estimate of drug-likeness (QED) is 0.362. The number of halogens is 2. The summed E-state index contributed by atoms with van der Waals surface area (Å²) >= 11 is 11.8. The lowest BCUT2D eigenvalue weighted by atomic mass is 10.1. The number of nitrogens with one attached hydrogen (secondary N) is 1. The van der Waals surface area contributed by atoms with Crippen LogP contribution in [-0.4, -0.2) is 25.1 Å². The van der Waals surface area contributed by atoms with Crippen LogP contribution in [0.5, 0.6) is 11.5 Å². The van der Waals surface area contributed by atoms with Gasteiger partial charge in [-0.1, -0.05) is 23.2 Å². The van der Waals surface area contributed by atoms with Crippen LogP contribution in [0, 0.1) is 10.1 Å². The van der Waals surface area contributed by atoms with E-state index in [0.29, 0.717) is 11.0 Å². The minimum atomic E-state index is -0.893. The van der Waals surface area contributed by atoms with E-state index in [9.17, 15) is 25.1 Å². The molecule has 122 valence electrons. The summed E-state index contributed by atoms with van der Waals surface area (Å²) < 4.78 is 0. The molecular formula is C14H7Cl2N3O5. The van der Waals surface area contributed by atoms with Crippen LogP contribution in [0.2, 0.25) is 10.0 Å². The van der Waals surface area contributed by atoms with Crippen LogP contribution >= 0.6 is 23.2 Å². The highest BCUT2D eigenvalue weighted by atomic mass is 35.5. The second kappa shape index (κ2) is 5.66. The number of phenols is 2. The first-order chi connectivity index (χ1) is 11.3. The molecule has 0 saturated carbocycles. The first-order valence-corrected chi connectivity index (χ1v) is 7.13. The highest BCUT2D eigenvalue weighted by molar-refractivity contribution is 6.42. The Morgan fingerprint density at radius 3 is 2.46 bits per heavy atom. The van der Waals surface area contributed by atoms with Gasteiger partial charge in [-0.3, -0.25) is 14.9 Å². The molecule has 1 heterocycles. The Hall–Kier alpha value is -2.84. The van der Waals surface area contributed by atoms with E-state index in [1.54, 1.807) is 0 Å². The summed E-state index contributed by atoms with van der Waals surface area (Å²) in [5.74, 6) is -1.63. The molecule has 0 aliphatic rings. The van der Waals surface area contributed by atoms with Crippen molar-refractivity contribution in [2.75, 3.05) is 0 Å². The van der Waals surface area contributed by atoms with Crippen molar-refractivity contribution in [2.45, 2.75) is 0 Å². The Bertz CT molecular complexity index is 1060. The maximum atomic E-state index is 12.2. The van der Waals surface area contributed by atoms with E-state index in [-0.39, 0.29) is 21.3 Å². The molecule has 2 aromatic carbocycles. The second-order valence-corrected chi connectivity index (χ2v) is 5.63. The zero-order chi connectivity index (χ0) is 17.6. The fraction of sp³-hybridized carbons (Fsp3) is 0. The Labute approximate surface area is 143 Å². The molecule has 1 aromatic heterocycles. The van der Waals surface area contributed by atoms with Gasteiger partial charge >= 0.3 is 5.69 Å². The van der Waals surface area contributed by atoms with E-state index in [1.807, 2.05) is 0 Å². The second-order valence-electron chi connectivity index (χ2n) is 4.82. The molecule has 3 N–H and O–H groups in total. The van der Waals surface area contributed by atoms with Gasteiger partial charge in [0.25, 0.3) is 5.56 Å². The van der Waals surface area contributed by atoms with Gasteiger partial charge in [-0.25, -0.2) is 4.98 Å². The number of fused-ring (bicyclic) bond motifs is 1. The van der Waals surface area contributed by atoms with Crippen LogP contribution in [0.4, 0.5) is 5.69 Å². The Kier molecular flexibility index (Phi) is 3.78. The van der Waals surface area contributed by atoms with E-state index in [4.69, 9.17) is 23.2 Å². The molecule has 3 rings (SSSR count). The summed E-state index contributed by atoms with van der Waals surface area (Å²) in [7, 11) is 0. The monoisotopic (exact) mass is 367 g/mol. The van der Waals surface area contributed by atoms with Crippen LogP contribution < -0.4 is 5.56 Å². The summed E-state index contributed by atoms with van der Waals surface area (Å²) in [5, 5.41) is 30.5. The van der Waals surface area contributed by atoms with Crippen molar-refractivity contribution in [3.63, 3.8) is 0 Å². The lowest BCUT2D eigenvalue weighted by Gasteiger charge is -2.06. The highest BCUT2D eigenvalue weighted by Crippen LogP contribution is 2.38. The molecule has 0 radical (unpaired) electrons. The standard InChI is InChI=1S/C14H7Cl2N3O5/c15-6-3-8-9(4-7(6)16)18-14(22)12(17-8)5-1-10(19(23)24)13(21)11(20)2-5/h1-4,20-21H,(H,18,22). The molecule has 0 aliphatic heterocycles. The number of aromatic hydroxyl groups is 2. The molecule has 0 aliphatic carbocycles. The molecule has 3 aromatic rings. The topological polar surface area (TPSA) is 129 Å². The van der Waals surface area contributed by atoms with E-state index >= 15 is 0 Å². The van der Waals surface area contributed by atoms with E-state index in [1.165, 1.54) is 12.1 Å². The number of benzene rings is 2. The minimum Gasteiger partial charge on any atom is -0.504 e. The maximum absolute atomic E-state index is 12.2. The van der Waals surface area contributed by atoms with Crippen molar-refractivity contribution < 1.29 is 15.1 Å². The summed E-state index contributed by atoms with van der Waals surface area (Å²) in [5.41, 5.74) is -0.990. The molecule has 0 bridgehead atoms. The summed E-state index contributed by atoms with van der Waals surface area (Å²) in [6.07, 6.45) is 0.